The number of alkyl halides is 3. The van der Waals surface area contributed by atoms with Crippen molar-refractivity contribution in [3.63, 3.8) is 0 Å². The molecular weight excluding hydrogens is 487 g/mol. The number of fused-ring (bicyclic) bond motifs is 2. The Morgan fingerprint density at radius 3 is 2.18 bits per heavy atom. The molecule has 9 nitrogen and oxygen atoms in total. The smallest absolute Gasteiger partial charge is 0.436 e. The van der Waals surface area contributed by atoms with Gasteiger partial charge in [0, 0.05) is 14.1 Å². The summed E-state index contributed by atoms with van der Waals surface area (Å²) in [7, 11) is -6.49. The molecular formula is C19H16F3N3O6S2. The predicted molar refractivity (Wildman–Crippen MR) is 112 cm³/mol. The first kappa shape index (κ1) is 23.0. The van der Waals surface area contributed by atoms with Gasteiger partial charge in [-0.3, -0.25) is 9.13 Å². The second kappa shape index (κ2) is 7.18. The summed E-state index contributed by atoms with van der Waals surface area (Å²) < 4.78 is 95.9. The first-order chi connectivity index (χ1) is 15.2. The average Bonchev–Trinajstić information content (AvgIpc) is 3.26. The van der Waals surface area contributed by atoms with Gasteiger partial charge in [-0.1, -0.05) is 6.92 Å². The Hall–Kier alpha value is -3.13. The highest BCUT2D eigenvalue weighted by Gasteiger charge is 2.47. The second-order valence-corrected chi connectivity index (χ2v) is 11.4. The molecule has 4 rings (SSSR count). The SMILES string of the molecule is CCS(=O)(=O)c1cc2c(cc1-c1nc3cc(S(=O)(=O)C(F)(F)F)ccc3o1)n(C)c(=O)n2C. The molecule has 2 heterocycles. The van der Waals surface area contributed by atoms with Gasteiger partial charge in [0.1, 0.15) is 5.52 Å². The van der Waals surface area contributed by atoms with Crippen LogP contribution in [0.1, 0.15) is 6.92 Å². The summed E-state index contributed by atoms with van der Waals surface area (Å²) >= 11 is 0. The van der Waals surface area contributed by atoms with Gasteiger partial charge in [0.15, 0.2) is 15.4 Å². The lowest BCUT2D eigenvalue weighted by Crippen LogP contribution is -2.23. The monoisotopic (exact) mass is 503 g/mol. The van der Waals surface area contributed by atoms with E-state index < -0.39 is 35.8 Å². The maximum Gasteiger partial charge on any atom is 0.501 e. The molecule has 0 radical (unpaired) electrons. The van der Waals surface area contributed by atoms with Crippen LogP contribution < -0.4 is 5.69 Å². The van der Waals surface area contributed by atoms with Gasteiger partial charge in [-0.25, -0.2) is 26.6 Å². The van der Waals surface area contributed by atoms with Crippen molar-refractivity contribution in [3.8, 4) is 11.5 Å². The molecule has 0 fully saturated rings. The van der Waals surface area contributed by atoms with E-state index in [9.17, 15) is 34.8 Å². The van der Waals surface area contributed by atoms with Crippen LogP contribution in [-0.2, 0) is 33.8 Å². The van der Waals surface area contributed by atoms with Crippen molar-refractivity contribution >= 4 is 41.8 Å². The number of oxazole rings is 1. The minimum Gasteiger partial charge on any atom is -0.436 e. The number of nitrogens with zero attached hydrogens (tertiary/aromatic N) is 3. The fourth-order valence-corrected chi connectivity index (χ4v) is 5.29. The summed E-state index contributed by atoms with van der Waals surface area (Å²) in [6.45, 7) is 1.42. The third-order valence-electron chi connectivity index (χ3n) is 5.29. The number of aryl methyl sites for hydroxylation is 2. The molecule has 0 unspecified atom stereocenters. The lowest BCUT2D eigenvalue weighted by molar-refractivity contribution is -0.0435. The Kier molecular flexibility index (Phi) is 5.02. The minimum atomic E-state index is -5.61. The van der Waals surface area contributed by atoms with Gasteiger partial charge in [-0.15, -0.1) is 0 Å². The number of hydrogen-bond acceptors (Lipinski definition) is 7. The minimum absolute atomic E-state index is 0.0121. The summed E-state index contributed by atoms with van der Waals surface area (Å²) in [6, 6.07) is 5.13. The second-order valence-electron chi connectivity index (χ2n) is 7.24. The Morgan fingerprint density at radius 1 is 1.00 bits per heavy atom. The van der Waals surface area contributed by atoms with E-state index in [0.717, 1.165) is 12.1 Å². The van der Waals surface area contributed by atoms with Crippen LogP contribution >= 0.6 is 0 Å². The van der Waals surface area contributed by atoms with Crippen molar-refractivity contribution in [2.24, 2.45) is 14.1 Å². The lowest BCUT2D eigenvalue weighted by atomic mass is 10.2. The molecule has 0 atom stereocenters. The van der Waals surface area contributed by atoms with Gasteiger partial charge < -0.3 is 4.42 Å². The van der Waals surface area contributed by atoms with E-state index in [1.54, 1.807) is 0 Å². The molecule has 14 heteroatoms. The topological polar surface area (TPSA) is 121 Å². The third kappa shape index (κ3) is 3.44. The molecule has 2 aromatic carbocycles. The number of rotatable bonds is 4. The standard InChI is InChI=1S/C19H16F3N3O6S2/c1-4-32(27,28)16-9-14-13(24(2)18(26)25(14)3)8-11(16)17-23-12-7-10(5-6-15(12)31-17)33(29,30)19(20,21)22/h5-9H,4H2,1-3H3. The Bertz CT molecular complexity index is 1710. The summed E-state index contributed by atoms with van der Waals surface area (Å²) in [5, 5.41) is 0. The van der Waals surface area contributed by atoms with Crippen molar-refractivity contribution in [1.29, 1.82) is 0 Å². The number of sulfone groups is 2. The maximum absolute atomic E-state index is 12.9. The number of halogens is 3. The van der Waals surface area contributed by atoms with E-state index >= 15 is 0 Å². The van der Waals surface area contributed by atoms with Crippen LogP contribution in [0.25, 0.3) is 33.6 Å². The van der Waals surface area contributed by atoms with E-state index in [0.29, 0.717) is 17.1 Å². The van der Waals surface area contributed by atoms with Crippen molar-refractivity contribution in [1.82, 2.24) is 14.1 Å². The zero-order valence-electron chi connectivity index (χ0n) is 17.3. The van der Waals surface area contributed by atoms with Crippen LogP contribution in [0.3, 0.4) is 0 Å². The zero-order valence-corrected chi connectivity index (χ0v) is 19.0. The van der Waals surface area contributed by atoms with Crippen LogP contribution in [0.2, 0.25) is 0 Å². The fraction of sp³-hybridized carbons (Fsp3) is 0.263. The van der Waals surface area contributed by atoms with Crippen LogP contribution in [0.15, 0.2) is 49.3 Å². The Labute approximate surface area is 184 Å². The normalized spacial score (nSPS) is 13.3. The summed E-state index contributed by atoms with van der Waals surface area (Å²) in [4.78, 5) is 15.2. The first-order valence-electron chi connectivity index (χ1n) is 9.33. The largest absolute Gasteiger partial charge is 0.501 e. The van der Waals surface area contributed by atoms with E-state index in [1.165, 1.54) is 42.3 Å². The highest BCUT2D eigenvalue weighted by Crippen LogP contribution is 2.36. The van der Waals surface area contributed by atoms with Crippen LogP contribution in [-0.4, -0.2) is 42.2 Å². The van der Waals surface area contributed by atoms with Crippen molar-refractivity contribution in [2.75, 3.05) is 5.75 Å². The number of imidazole rings is 1. The van der Waals surface area contributed by atoms with Gasteiger partial charge in [-0.05, 0) is 30.3 Å². The molecule has 0 bridgehead atoms. The van der Waals surface area contributed by atoms with E-state index in [2.05, 4.69) is 4.98 Å². The van der Waals surface area contributed by atoms with Crippen LogP contribution in [0, 0.1) is 0 Å². The molecule has 0 amide bonds. The Balaban J connectivity index is 2.02. The molecule has 176 valence electrons. The maximum atomic E-state index is 12.9. The molecule has 0 N–H and O–H groups in total. The summed E-state index contributed by atoms with van der Waals surface area (Å²) in [5.41, 5.74) is -5.46. The van der Waals surface area contributed by atoms with E-state index in [4.69, 9.17) is 4.42 Å². The summed E-state index contributed by atoms with van der Waals surface area (Å²) in [5.74, 6) is -0.530. The third-order valence-corrected chi connectivity index (χ3v) is 8.54. The number of hydrogen-bond donors (Lipinski definition) is 0. The highest BCUT2D eigenvalue weighted by atomic mass is 32.2. The molecule has 33 heavy (non-hydrogen) atoms. The summed E-state index contributed by atoms with van der Waals surface area (Å²) in [6.07, 6.45) is 0. The zero-order chi connectivity index (χ0) is 24.5. The quantitative estimate of drug-likeness (QED) is 0.420. The Morgan fingerprint density at radius 2 is 1.61 bits per heavy atom. The van der Waals surface area contributed by atoms with Crippen molar-refractivity contribution < 1.29 is 34.4 Å². The van der Waals surface area contributed by atoms with Crippen molar-refractivity contribution in [3.05, 3.63) is 40.8 Å². The van der Waals surface area contributed by atoms with Crippen LogP contribution in [0.4, 0.5) is 13.2 Å². The average molecular weight is 503 g/mol. The highest BCUT2D eigenvalue weighted by molar-refractivity contribution is 7.92. The number of aromatic nitrogens is 3. The molecule has 0 saturated carbocycles. The predicted octanol–water partition coefficient (Wildman–Crippen LogP) is 2.77. The molecule has 0 aliphatic carbocycles. The molecule has 0 aliphatic heterocycles. The van der Waals surface area contributed by atoms with E-state index in [1.807, 2.05) is 0 Å². The lowest BCUT2D eigenvalue weighted by Gasteiger charge is -2.08. The van der Waals surface area contributed by atoms with Gasteiger partial charge in [0.25, 0.3) is 9.84 Å². The number of benzene rings is 2. The van der Waals surface area contributed by atoms with E-state index in [-0.39, 0.29) is 33.2 Å². The van der Waals surface area contributed by atoms with Crippen LogP contribution in [0.5, 0.6) is 0 Å². The van der Waals surface area contributed by atoms with Gasteiger partial charge in [-0.2, -0.15) is 13.2 Å². The molecule has 0 spiro atoms. The molecule has 4 aromatic rings. The fourth-order valence-electron chi connectivity index (χ4n) is 3.43. The van der Waals surface area contributed by atoms with Gasteiger partial charge in [0.2, 0.25) is 5.89 Å². The van der Waals surface area contributed by atoms with Gasteiger partial charge in [0.05, 0.1) is 32.1 Å². The molecule has 0 saturated heterocycles. The van der Waals surface area contributed by atoms with Gasteiger partial charge >= 0.3 is 11.2 Å². The molecule has 0 aliphatic rings. The first-order valence-corrected chi connectivity index (χ1v) is 12.5. The molecule has 2 aromatic heterocycles. The van der Waals surface area contributed by atoms with Crippen molar-refractivity contribution in [2.45, 2.75) is 22.2 Å².